The summed E-state index contributed by atoms with van der Waals surface area (Å²) in [7, 11) is 1.45. The van der Waals surface area contributed by atoms with Crippen LogP contribution in [0.15, 0.2) is 36.7 Å². The molecule has 1 aliphatic heterocycles. The second-order valence-electron chi connectivity index (χ2n) is 6.08. The van der Waals surface area contributed by atoms with Gasteiger partial charge < -0.3 is 19.1 Å². The SMILES string of the molecule is COc1cncc(OC2CCCN(C(=O)c3ccccc3OC(F)(F)F)C2)n1. The van der Waals surface area contributed by atoms with Crippen molar-refractivity contribution in [3.05, 3.63) is 42.2 Å². The number of para-hydroxylation sites is 1. The number of nitrogens with zero attached hydrogens (tertiary/aromatic N) is 3. The van der Waals surface area contributed by atoms with E-state index in [0.717, 1.165) is 6.07 Å². The van der Waals surface area contributed by atoms with Gasteiger partial charge in [0, 0.05) is 6.54 Å². The number of likely N-dealkylation sites (tertiary alicyclic amines) is 1. The molecule has 0 N–H and O–H groups in total. The molecule has 1 saturated heterocycles. The lowest BCUT2D eigenvalue weighted by Crippen LogP contribution is -2.44. The van der Waals surface area contributed by atoms with Crippen LogP contribution in [0.25, 0.3) is 0 Å². The van der Waals surface area contributed by atoms with Gasteiger partial charge in [0.1, 0.15) is 11.9 Å². The van der Waals surface area contributed by atoms with Crippen molar-refractivity contribution in [1.82, 2.24) is 14.9 Å². The average molecular weight is 397 g/mol. The molecule has 2 heterocycles. The number of hydrogen-bond acceptors (Lipinski definition) is 6. The molecule has 2 aromatic rings. The predicted octanol–water partition coefficient (Wildman–Crippen LogP) is 3.07. The maximum atomic E-state index is 12.8. The van der Waals surface area contributed by atoms with E-state index in [1.165, 1.54) is 42.6 Å². The molecular formula is C18H18F3N3O4. The van der Waals surface area contributed by atoms with Crippen molar-refractivity contribution in [3.63, 3.8) is 0 Å². The van der Waals surface area contributed by atoms with Crippen molar-refractivity contribution in [1.29, 1.82) is 0 Å². The second kappa shape index (κ2) is 8.32. The first kappa shape index (κ1) is 19.7. The highest BCUT2D eigenvalue weighted by Gasteiger charge is 2.34. The topological polar surface area (TPSA) is 73.8 Å². The number of aromatic nitrogens is 2. The lowest BCUT2D eigenvalue weighted by molar-refractivity contribution is -0.274. The molecule has 0 aliphatic carbocycles. The Morgan fingerprint density at radius 3 is 2.71 bits per heavy atom. The summed E-state index contributed by atoms with van der Waals surface area (Å²) >= 11 is 0. The average Bonchev–Trinajstić information content (AvgIpc) is 2.67. The minimum absolute atomic E-state index is 0.151. The highest BCUT2D eigenvalue weighted by atomic mass is 19.4. The van der Waals surface area contributed by atoms with E-state index in [2.05, 4.69) is 14.7 Å². The largest absolute Gasteiger partial charge is 0.573 e. The van der Waals surface area contributed by atoms with Crippen LogP contribution in [-0.2, 0) is 0 Å². The Bertz CT molecular complexity index is 832. The smallest absolute Gasteiger partial charge is 0.480 e. The summed E-state index contributed by atoms with van der Waals surface area (Å²) in [6, 6.07) is 5.29. The van der Waals surface area contributed by atoms with Gasteiger partial charge in [0.05, 0.1) is 31.6 Å². The molecule has 7 nitrogen and oxygen atoms in total. The van der Waals surface area contributed by atoms with E-state index in [1.807, 2.05) is 0 Å². The van der Waals surface area contributed by atoms with Crippen molar-refractivity contribution in [2.75, 3.05) is 20.2 Å². The minimum Gasteiger partial charge on any atom is -0.480 e. The quantitative estimate of drug-likeness (QED) is 0.772. The van der Waals surface area contributed by atoms with E-state index in [9.17, 15) is 18.0 Å². The van der Waals surface area contributed by atoms with Gasteiger partial charge in [0.15, 0.2) is 0 Å². The summed E-state index contributed by atoms with van der Waals surface area (Å²) in [5, 5.41) is 0. The molecule has 0 saturated carbocycles. The molecule has 1 aromatic carbocycles. The molecule has 0 spiro atoms. The molecule has 1 aliphatic rings. The maximum absolute atomic E-state index is 12.8. The summed E-state index contributed by atoms with van der Waals surface area (Å²) < 4.78 is 52.5. The molecular weight excluding hydrogens is 379 g/mol. The van der Waals surface area contributed by atoms with Gasteiger partial charge in [-0.25, -0.2) is 0 Å². The maximum Gasteiger partial charge on any atom is 0.573 e. The number of benzene rings is 1. The Labute approximate surface area is 159 Å². The first-order chi connectivity index (χ1) is 13.4. The van der Waals surface area contributed by atoms with Crippen LogP contribution in [0.3, 0.4) is 0 Å². The molecule has 150 valence electrons. The molecule has 10 heteroatoms. The Morgan fingerprint density at radius 2 is 1.96 bits per heavy atom. The van der Waals surface area contributed by atoms with Crippen LogP contribution in [0, 0.1) is 0 Å². The Kier molecular flexibility index (Phi) is 5.86. The van der Waals surface area contributed by atoms with E-state index >= 15 is 0 Å². The fourth-order valence-corrected chi connectivity index (χ4v) is 2.90. The Hall–Kier alpha value is -3.04. The molecule has 0 radical (unpaired) electrons. The van der Waals surface area contributed by atoms with Crippen molar-refractivity contribution in [2.45, 2.75) is 25.3 Å². The third kappa shape index (κ3) is 5.02. The molecule has 1 atom stereocenters. The van der Waals surface area contributed by atoms with Gasteiger partial charge in [-0.3, -0.25) is 9.78 Å². The van der Waals surface area contributed by atoms with E-state index in [0.29, 0.717) is 25.3 Å². The summed E-state index contributed by atoms with van der Waals surface area (Å²) in [5.74, 6) is -0.537. The van der Waals surface area contributed by atoms with Gasteiger partial charge >= 0.3 is 6.36 Å². The first-order valence-electron chi connectivity index (χ1n) is 8.52. The zero-order chi connectivity index (χ0) is 20.1. The van der Waals surface area contributed by atoms with Crippen molar-refractivity contribution >= 4 is 5.91 Å². The standard InChI is InChI=1S/C18H18F3N3O4/c1-26-15-9-22-10-16(23-15)27-12-5-4-8-24(11-12)17(25)13-6-2-3-7-14(13)28-18(19,20)21/h2-3,6-7,9-10,12H,4-5,8,11H2,1H3. The van der Waals surface area contributed by atoms with Gasteiger partial charge in [-0.2, -0.15) is 4.98 Å². The molecule has 28 heavy (non-hydrogen) atoms. The number of alkyl halides is 3. The molecule has 3 rings (SSSR count). The zero-order valence-corrected chi connectivity index (χ0v) is 15.0. The Balaban J connectivity index is 1.71. The van der Waals surface area contributed by atoms with Gasteiger partial charge in [0.2, 0.25) is 11.8 Å². The molecule has 1 unspecified atom stereocenters. The van der Waals surface area contributed by atoms with Crippen LogP contribution in [0.4, 0.5) is 13.2 Å². The highest BCUT2D eigenvalue weighted by Crippen LogP contribution is 2.28. The van der Waals surface area contributed by atoms with E-state index in [-0.39, 0.29) is 24.1 Å². The van der Waals surface area contributed by atoms with Crippen LogP contribution in [0.2, 0.25) is 0 Å². The highest BCUT2D eigenvalue weighted by molar-refractivity contribution is 5.97. The summed E-state index contributed by atoms with van der Waals surface area (Å²) in [6.07, 6.45) is -1.08. The molecule has 1 fully saturated rings. The summed E-state index contributed by atoms with van der Waals surface area (Å²) in [4.78, 5) is 22.3. The fraction of sp³-hybridized carbons (Fsp3) is 0.389. The fourth-order valence-electron chi connectivity index (χ4n) is 2.90. The number of ether oxygens (including phenoxy) is 3. The van der Waals surface area contributed by atoms with Crippen LogP contribution in [-0.4, -0.2) is 53.4 Å². The number of piperidine rings is 1. The molecule has 0 bridgehead atoms. The molecule has 1 aromatic heterocycles. The number of carbonyl (C=O) groups excluding carboxylic acids is 1. The number of methoxy groups -OCH3 is 1. The van der Waals surface area contributed by atoms with E-state index in [1.54, 1.807) is 0 Å². The number of rotatable bonds is 5. The number of carbonyl (C=O) groups is 1. The third-order valence-corrected chi connectivity index (χ3v) is 4.10. The second-order valence-corrected chi connectivity index (χ2v) is 6.08. The number of halogens is 3. The summed E-state index contributed by atoms with van der Waals surface area (Å²) in [5.41, 5.74) is -0.151. The van der Waals surface area contributed by atoms with E-state index < -0.39 is 18.0 Å². The number of amides is 1. The monoisotopic (exact) mass is 397 g/mol. The lowest BCUT2D eigenvalue weighted by atomic mass is 10.1. The van der Waals surface area contributed by atoms with Crippen molar-refractivity contribution < 1.29 is 32.2 Å². The van der Waals surface area contributed by atoms with Crippen LogP contribution in [0.1, 0.15) is 23.2 Å². The van der Waals surface area contributed by atoms with Crippen molar-refractivity contribution in [2.24, 2.45) is 0 Å². The normalized spacial score (nSPS) is 17.1. The predicted molar refractivity (Wildman–Crippen MR) is 91.3 cm³/mol. The van der Waals surface area contributed by atoms with Gasteiger partial charge in [-0.05, 0) is 25.0 Å². The van der Waals surface area contributed by atoms with Gasteiger partial charge in [0.25, 0.3) is 5.91 Å². The molecule has 1 amide bonds. The Morgan fingerprint density at radius 1 is 1.21 bits per heavy atom. The van der Waals surface area contributed by atoms with Crippen LogP contribution in [0.5, 0.6) is 17.5 Å². The third-order valence-electron chi connectivity index (χ3n) is 4.10. The van der Waals surface area contributed by atoms with Crippen LogP contribution >= 0.6 is 0 Å². The lowest BCUT2D eigenvalue weighted by Gasteiger charge is -2.33. The number of hydrogen-bond donors (Lipinski definition) is 0. The van der Waals surface area contributed by atoms with Crippen molar-refractivity contribution in [3.8, 4) is 17.5 Å². The van der Waals surface area contributed by atoms with Gasteiger partial charge in [-0.15, -0.1) is 13.2 Å². The van der Waals surface area contributed by atoms with Gasteiger partial charge in [-0.1, -0.05) is 12.1 Å². The minimum atomic E-state index is -4.88. The zero-order valence-electron chi connectivity index (χ0n) is 15.0. The first-order valence-corrected chi connectivity index (χ1v) is 8.52. The van der Waals surface area contributed by atoms with E-state index in [4.69, 9.17) is 9.47 Å². The van der Waals surface area contributed by atoms with Crippen LogP contribution < -0.4 is 14.2 Å². The summed E-state index contributed by atoms with van der Waals surface area (Å²) in [6.45, 7) is 0.612.